The predicted octanol–water partition coefficient (Wildman–Crippen LogP) is 2.20. The first-order chi connectivity index (χ1) is 11.0. The Balaban J connectivity index is 2.14. The number of phenolic OH excluding ortho intramolecular Hbond substituents is 2. The Morgan fingerprint density at radius 2 is 1.65 bits per heavy atom. The van der Waals surface area contributed by atoms with Crippen LogP contribution in [0.3, 0.4) is 0 Å². The number of benzene rings is 2. The standard InChI is InChI=1S/C17H17NO5/c1-2-23-17(22)13-9-14(19)12(8-15(13)20)16(21)18-10-11-6-4-3-5-7-11/h3-9,19-20H,2,10H2,1H3,(H,18,21). The van der Waals surface area contributed by atoms with Gasteiger partial charge >= 0.3 is 5.97 Å². The molecule has 23 heavy (non-hydrogen) atoms. The molecule has 0 aliphatic heterocycles. The van der Waals surface area contributed by atoms with E-state index >= 15 is 0 Å². The summed E-state index contributed by atoms with van der Waals surface area (Å²) in [6, 6.07) is 11.3. The molecule has 0 fully saturated rings. The first-order valence-electron chi connectivity index (χ1n) is 7.08. The number of aromatic hydroxyl groups is 2. The van der Waals surface area contributed by atoms with Crippen molar-refractivity contribution in [2.24, 2.45) is 0 Å². The van der Waals surface area contributed by atoms with Gasteiger partial charge in [-0.25, -0.2) is 4.79 Å². The third-order valence-corrected chi connectivity index (χ3v) is 3.15. The maximum atomic E-state index is 12.1. The predicted molar refractivity (Wildman–Crippen MR) is 83.3 cm³/mol. The van der Waals surface area contributed by atoms with Gasteiger partial charge in [-0.15, -0.1) is 0 Å². The zero-order valence-electron chi connectivity index (χ0n) is 12.6. The van der Waals surface area contributed by atoms with E-state index in [1.807, 2.05) is 30.3 Å². The summed E-state index contributed by atoms with van der Waals surface area (Å²) in [4.78, 5) is 23.7. The molecule has 0 radical (unpaired) electrons. The monoisotopic (exact) mass is 315 g/mol. The quantitative estimate of drug-likeness (QED) is 0.581. The maximum absolute atomic E-state index is 12.1. The average Bonchev–Trinajstić information content (AvgIpc) is 2.55. The van der Waals surface area contributed by atoms with E-state index in [-0.39, 0.29) is 24.3 Å². The van der Waals surface area contributed by atoms with Crippen LogP contribution in [-0.4, -0.2) is 28.7 Å². The number of esters is 1. The van der Waals surface area contributed by atoms with Crippen LogP contribution in [0.15, 0.2) is 42.5 Å². The minimum atomic E-state index is -0.767. The van der Waals surface area contributed by atoms with Crippen LogP contribution in [-0.2, 0) is 11.3 Å². The zero-order valence-corrected chi connectivity index (χ0v) is 12.6. The summed E-state index contributed by atoms with van der Waals surface area (Å²) in [6.45, 7) is 2.04. The van der Waals surface area contributed by atoms with Gasteiger partial charge in [0.15, 0.2) is 0 Å². The minimum absolute atomic E-state index is 0.119. The second-order valence-electron chi connectivity index (χ2n) is 4.78. The Morgan fingerprint density at radius 3 is 2.30 bits per heavy atom. The molecule has 3 N–H and O–H groups in total. The van der Waals surface area contributed by atoms with E-state index in [0.717, 1.165) is 17.7 Å². The molecule has 0 aliphatic rings. The molecular formula is C17H17NO5. The van der Waals surface area contributed by atoms with Crippen LogP contribution in [0.4, 0.5) is 0 Å². The van der Waals surface area contributed by atoms with Gasteiger partial charge in [0.05, 0.1) is 12.2 Å². The van der Waals surface area contributed by atoms with Gasteiger partial charge in [0, 0.05) is 6.54 Å². The van der Waals surface area contributed by atoms with Crippen molar-refractivity contribution in [3.63, 3.8) is 0 Å². The molecule has 0 atom stereocenters. The summed E-state index contributed by atoms with van der Waals surface area (Å²) in [7, 11) is 0. The summed E-state index contributed by atoms with van der Waals surface area (Å²) in [5.41, 5.74) is 0.586. The van der Waals surface area contributed by atoms with Crippen LogP contribution < -0.4 is 5.32 Å². The molecule has 6 nitrogen and oxygen atoms in total. The molecule has 120 valence electrons. The number of rotatable bonds is 5. The number of phenols is 2. The Morgan fingerprint density at radius 1 is 1.04 bits per heavy atom. The van der Waals surface area contributed by atoms with Crippen molar-refractivity contribution >= 4 is 11.9 Å². The number of hydrogen-bond acceptors (Lipinski definition) is 5. The number of hydrogen-bond donors (Lipinski definition) is 3. The molecule has 6 heteroatoms. The molecule has 0 heterocycles. The molecule has 2 aromatic rings. The summed E-state index contributed by atoms with van der Waals surface area (Å²) in [5, 5.41) is 22.4. The van der Waals surface area contributed by atoms with E-state index in [4.69, 9.17) is 4.74 Å². The number of ether oxygens (including phenoxy) is 1. The molecule has 0 saturated heterocycles. The molecule has 0 unspecified atom stereocenters. The molecule has 0 saturated carbocycles. The SMILES string of the molecule is CCOC(=O)c1cc(O)c(C(=O)NCc2ccccc2)cc1O. The van der Waals surface area contributed by atoms with Gasteiger partial charge < -0.3 is 20.3 Å². The van der Waals surface area contributed by atoms with E-state index < -0.39 is 23.4 Å². The number of carbonyl (C=O) groups excluding carboxylic acids is 2. The van der Waals surface area contributed by atoms with Gasteiger partial charge in [0.1, 0.15) is 17.1 Å². The fraction of sp³-hybridized carbons (Fsp3) is 0.176. The average molecular weight is 315 g/mol. The zero-order chi connectivity index (χ0) is 16.8. The Labute approximate surface area is 133 Å². The number of amides is 1. The summed E-state index contributed by atoms with van der Waals surface area (Å²) in [5.74, 6) is -2.16. The lowest BCUT2D eigenvalue weighted by Crippen LogP contribution is -2.23. The second-order valence-corrected chi connectivity index (χ2v) is 4.78. The molecule has 0 spiro atoms. The van der Waals surface area contributed by atoms with Gasteiger partial charge in [-0.3, -0.25) is 4.79 Å². The van der Waals surface area contributed by atoms with Gasteiger partial charge in [-0.2, -0.15) is 0 Å². The molecule has 1 amide bonds. The Hall–Kier alpha value is -3.02. The Bertz CT molecular complexity index is 712. The van der Waals surface area contributed by atoms with E-state index in [1.165, 1.54) is 0 Å². The van der Waals surface area contributed by atoms with Crippen LogP contribution >= 0.6 is 0 Å². The highest BCUT2D eigenvalue weighted by Crippen LogP contribution is 2.28. The lowest BCUT2D eigenvalue weighted by molar-refractivity contribution is 0.0522. The highest BCUT2D eigenvalue weighted by Gasteiger charge is 2.19. The van der Waals surface area contributed by atoms with E-state index in [2.05, 4.69) is 5.32 Å². The van der Waals surface area contributed by atoms with E-state index in [9.17, 15) is 19.8 Å². The summed E-state index contributed by atoms with van der Waals surface area (Å²) >= 11 is 0. The third kappa shape index (κ3) is 4.00. The number of nitrogens with one attached hydrogen (secondary N) is 1. The Kier molecular flexibility index (Phi) is 5.19. The molecular weight excluding hydrogens is 298 g/mol. The first-order valence-corrected chi connectivity index (χ1v) is 7.08. The first kappa shape index (κ1) is 16.4. The van der Waals surface area contributed by atoms with Gasteiger partial charge in [-0.05, 0) is 24.6 Å². The van der Waals surface area contributed by atoms with Crippen molar-refractivity contribution in [1.29, 1.82) is 0 Å². The van der Waals surface area contributed by atoms with Gasteiger partial charge in [0.25, 0.3) is 5.91 Å². The smallest absolute Gasteiger partial charge is 0.342 e. The molecule has 0 aliphatic carbocycles. The van der Waals surface area contributed by atoms with Gasteiger partial charge in [-0.1, -0.05) is 30.3 Å². The van der Waals surface area contributed by atoms with E-state index in [1.54, 1.807) is 6.92 Å². The van der Waals surface area contributed by atoms with Crippen molar-refractivity contribution in [2.45, 2.75) is 13.5 Å². The molecule has 0 aromatic heterocycles. The molecule has 0 bridgehead atoms. The lowest BCUT2D eigenvalue weighted by Gasteiger charge is -2.10. The van der Waals surface area contributed by atoms with Crippen LogP contribution in [0, 0.1) is 0 Å². The van der Waals surface area contributed by atoms with Crippen molar-refractivity contribution in [3.05, 3.63) is 59.2 Å². The van der Waals surface area contributed by atoms with Crippen molar-refractivity contribution < 1.29 is 24.5 Å². The summed E-state index contributed by atoms with van der Waals surface area (Å²) < 4.78 is 4.76. The highest BCUT2D eigenvalue weighted by molar-refractivity contribution is 6.00. The molecule has 2 aromatic carbocycles. The largest absolute Gasteiger partial charge is 0.507 e. The number of carbonyl (C=O) groups is 2. The van der Waals surface area contributed by atoms with Crippen LogP contribution in [0.1, 0.15) is 33.2 Å². The van der Waals surface area contributed by atoms with E-state index in [0.29, 0.717) is 0 Å². The van der Waals surface area contributed by atoms with Crippen molar-refractivity contribution in [2.75, 3.05) is 6.61 Å². The normalized spacial score (nSPS) is 10.1. The fourth-order valence-corrected chi connectivity index (χ4v) is 2.00. The topological polar surface area (TPSA) is 95.9 Å². The van der Waals surface area contributed by atoms with Crippen molar-refractivity contribution in [1.82, 2.24) is 5.32 Å². The fourth-order valence-electron chi connectivity index (χ4n) is 2.00. The van der Waals surface area contributed by atoms with Crippen molar-refractivity contribution in [3.8, 4) is 11.5 Å². The summed E-state index contributed by atoms with van der Waals surface area (Å²) in [6.07, 6.45) is 0. The third-order valence-electron chi connectivity index (χ3n) is 3.15. The van der Waals surface area contributed by atoms with Crippen LogP contribution in [0.2, 0.25) is 0 Å². The van der Waals surface area contributed by atoms with Crippen LogP contribution in [0.25, 0.3) is 0 Å². The highest BCUT2D eigenvalue weighted by atomic mass is 16.5. The lowest BCUT2D eigenvalue weighted by atomic mass is 10.1. The minimum Gasteiger partial charge on any atom is -0.507 e. The molecule has 2 rings (SSSR count). The second kappa shape index (κ2) is 7.31. The van der Waals surface area contributed by atoms with Gasteiger partial charge in [0.2, 0.25) is 0 Å². The van der Waals surface area contributed by atoms with Crippen LogP contribution in [0.5, 0.6) is 11.5 Å². The maximum Gasteiger partial charge on any atom is 0.342 e.